The van der Waals surface area contributed by atoms with E-state index >= 15 is 0 Å². The van der Waals surface area contributed by atoms with Gasteiger partial charge in [0.2, 0.25) is 0 Å². The molecule has 19 heavy (non-hydrogen) atoms. The lowest BCUT2D eigenvalue weighted by Crippen LogP contribution is -2.12. The number of rotatable bonds is 1. The van der Waals surface area contributed by atoms with E-state index in [9.17, 15) is 13.2 Å². The van der Waals surface area contributed by atoms with Gasteiger partial charge in [0.15, 0.2) is 5.82 Å². The van der Waals surface area contributed by atoms with Crippen molar-refractivity contribution in [3.63, 3.8) is 0 Å². The minimum absolute atomic E-state index is 0.0598. The van der Waals surface area contributed by atoms with Crippen molar-refractivity contribution in [1.29, 1.82) is 5.26 Å². The van der Waals surface area contributed by atoms with Crippen molar-refractivity contribution in [3.8, 4) is 11.9 Å². The zero-order valence-electron chi connectivity index (χ0n) is 10.2. The molecule has 0 radical (unpaired) electrons. The first kappa shape index (κ1) is 13.1. The van der Waals surface area contributed by atoms with Crippen molar-refractivity contribution in [1.82, 2.24) is 14.5 Å². The highest BCUT2D eigenvalue weighted by atomic mass is 19.4. The Bertz CT molecular complexity index is 665. The SMILES string of the molecule is Cc1ncn(-c2nc(C(F)(F)F)ccc2C#N)c1C. The van der Waals surface area contributed by atoms with Crippen LogP contribution in [0.2, 0.25) is 0 Å². The molecule has 2 heterocycles. The summed E-state index contributed by atoms with van der Waals surface area (Å²) >= 11 is 0. The summed E-state index contributed by atoms with van der Waals surface area (Å²) in [5, 5.41) is 8.97. The molecular formula is C12H9F3N4. The van der Waals surface area contributed by atoms with Crippen molar-refractivity contribution in [2.75, 3.05) is 0 Å². The van der Waals surface area contributed by atoms with Gasteiger partial charge in [-0.05, 0) is 26.0 Å². The molecule has 0 bridgehead atoms. The largest absolute Gasteiger partial charge is 0.433 e. The number of aromatic nitrogens is 3. The molecule has 2 aromatic rings. The van der Waals surface area contributed by atoms with Crippen LogP contribution in [-0.2, 0) is 6.18 Å². The van der Waals surface area contributed by atoms with Crippen LogP contribution in [0.15, 0.2) is 18.5 Å². The average molecular weight is 266 g/mol. The lowest BCUT2D eigenvalue weighted by atomic mass is 10.2. The van der Waals surface area contributed by atoms with E-state index in [4.69, 9.17) is 5.26 Å². The van der Waals surface area contributed by atoms with Crippen molar-refractivity contribution in [2.45, 2.75) is 20.0 Å². The lowest BCUT2D eigenvalue weighted by Gasteiger charge is -2.11. The molecule has 0 aliphatic carbocycles. The molecule has 2 rings (SSSR count). The molecular weight excluding hydrogens is 257 g/mol. The number of hydrogen-bond donors (Lipinski definition) is 0. The topological polar surface area (TPSA) is 54.5 Å². The van der Waals surface area contributed by atoms with E-state index in [0.29, 0.717) is 11.4 Å². The summed E-state index contributed by atoms with van der Waals surface area (Å²) in [5.41, 5.74) is 0.340. The van der Waals surface area contributed by atoms with Crippen LogP contribution in [0, 0.1) is 25.2 Å². The predicted octanol–water partition coefficient (Wildman–Crippen LogP) is 2.77. The Morgan fingerprint density at radius 2 is 1.95 bits per heavy atom. The third-order valence-electron chi connectivity index (χ3n) is 2.77. The Morgan fingerprint density at radius 1 is 1.26 bits per heavy atom. The summed E-state index contributed by atoms with van der Waals surface area (Å²) in [5.74, 6) is -0.0598. The first-order chi connectivity index (χ1) is 8.84. The summed E-state index contributed by atoms with van der Waals surface area (Å²) in [6, 6.07) is 3.73. The molecule has 0 saturated heterocycles. The molecule has 0 unspecified atom stereocenters. The number of pyridine rings is 1. The fraction of sp³-hybridized carbons (Fsp3) is 0.250. The minimum Gasteiger partial charge on any atom is -0.286 e. The Labute approximate surface area is 107 Å². The Balaban J connectivity index is 2.68. The van der Waals surface area contributed by atoms with Gasteiger partial charge in [-0.3, -0.25) is 4.57 Å². The summed E-state index contributed by atoms with van der Waals surface area (Å²) < 4.78 is 39.3. The Kier molecular flexibility index (Phi) is 3.02. The summed E-state index contributed by atoms with van der Waals surface area (Å²) in [7, 11) is 0. The second kappa shape index (κ2) is 4.39. The minimum atomic E-state index is -4.55. The molecule has 98 valence electrons. The van der Waals surface area contributed by atoms with Crippen molar-refractivity contribution in [2.24, 2.45) is 0 Å². The van der Waals surface area contributed by atoms with Gasteiger partial charge < -0.3 is 0 Å². The molecule has 0 aromatic carbocycles. The number of imidazole rings is 1. The van der Waals surface area contributed by atoms with E-state index < -0.39 is 11.9 Å². The third kappa shape index (κ3) is 2.29. The molecule has 0 N–H and O–H groups in total. The lowest BCUT2D eigenvalue weighted by molar-refractivity contribution is -0.141. The molecule has 2 aromatic heterocycles. The van der Waals surface area contributed by atoms with Gasteiger partial charge in [0.1, 0.15) is 18.1 Å². The maximum absolute atomic E-state index is 12.7. The van der Waals surface area contributed by atoms with Crippen LogP contribution in [0.4, 0.5) is 13.2 Å². The van der Waals surface area contributed by atoms with E-state index in [0.717, 1.165) is 12.1 Å². The van der Waals surface area contributed by atoms with Gasteiger partial charge in [-0.25, -0.2) is 9.97 Å². The second-order valence-corrected chi connectivity index (χ2v) is 3.96. The van der Waals surface area contributed by atoms with E-state index in [1.54, 1.807) is 13.8 Å². The van der Waals surface area contributed by atoms with Crippen LogP contribution >= 0.6 is 0 Å². The van der Waals surface area contributed by atoms with E-state index in [2.05, 4.69) is 9.97 Å². The number of halogens is 3. The van der Waals surface area contributed by atoms with E-state index in [1.165, 1.54) is 10.9 Å². The number of nitrogens with zero attached hydrogens (tertiary/aromatic N) is 4. The summed E-state index contributed by atoms with van der Waals surface area (Å²) in [6.07, 6.45) is -3.19. The molecule has 7 heteroatoms. The van der Waals surface area contributed by atoms with Crippen molar-refractivity contribution < 1.29 is 13.2 Å². The predicted molar refractivity (Wildman–Crippen MR) is 60.6 cm³/mol. The molecule has 0 fully saturated rings. The highest BCUT2D eigenvalue weighted by Crippen LogP contribution is 2.29. The first-order valence-electron chi connectivity index (χ1n) is 5.34. The van der Waals surface area contributed by atoms with Crippen molar-refractivity contribution >= 4 is 0 Å². The van der Waals surface area contributed by atoms with Crippen LogP contribution in [0.5, 0.6) is 0 Å². The third-order valence-corrected chi connectivity index (χ3v) is 2.77. The Hall–Kier alpha value is -2.36. The second-order valence-electron chi connectivity index (χ2n) is 3.96. The van der Waals surface area contributed by atoms with E-state index in [-0.39, 0.29) is 11.4 Å². The van der Waals surface area contributed by atoms with Gasteiger partial charge in [-0.15, -0.1) is 0 Å². The standard InChI is InChI=1S/C12H9F3N4/c1-7-8(2)19(6-17-7)11-9(5-16)3-4-10(18-11)12(13,14)15/h3-4,6H,1-2H3. The number of nitriles is 1. The van der Waals surface area contributed by atoms with E-state index in [1.807, 2.05) is 6.07 Å². The Morgan fingerprint density at radius 3 is 2.42 bits per heavy atom. The maximum atomic E-state index is 12.7. The van der Waals surface area contributed by atoms with Gasteiger partial charge in [-0.1, -0.05) is 0 Å². The molecule has 0 aliphatic heterocycles. The van der Waals surface area contributed by atoms with Crippen molar-refractivity contribution in [3.05, 3.63) is 41.1 Å². The zero-order valence-corrected chi connectivity index (χ0v) is 10.2. The normalized spacial score (nSPS) is 11.4. The highest BCUT2D eigenvalue weighted by molar-refractivity contribution is 5.46. The van der Waals surface area contributed by atoms with Crippen LogP contribution in [0.3, 0.4) is 0 Å². The van der Waals surface area contributed by atoms with Gasteiger partial charge in [0.25, 0.3) is 0 Å². The molecule has 4 nitrogen and oxygen atoms in total. The average Bonchev–Trinajstić information content (AvgIpc) is 2.68. The van der Waals surface area contributed by atoms with Crippen LogP contribution in [0.25, 0.3) is 5.82 Å². The van der Waals surface area contributed by atoms with Crippen LogP contribution < -0.4 is 0 Å². The number of hydrogen-bond acceptors (Lipinski definition) is 3. The van der Waals surface area contributed by atoms with Gasteiger partial charge in [0.05, 0.1) is 11.3 Å². The van der Waals surface area contributed by atoms with Crippen LogP contribution in [-0.4, -0.2) is 14.5 Å². The summed E-state index contributed by atoms with van der Waals surface area (Å²) in [6.45, 7) is 3.43. The first-order valence-corrected chi connectivity index (χ1v) is 5.34. The molecule has 0 aliphatic rings. The van der Waals surface area contributed by atoms with Crippen LogP contribution in [0.1, 0.15) is 22.6 Å². The smallest absolute Gasteiger partial charge is 0.286 e. The number of alkyl halides is 3. The molecule has 0 amide bonds. The zero-order chi connectivity index (χ0) is 14.2. The van der Waals surface area contributed by atoms with Gasteiger partial charge in [-0.2, -0.15) is 18.4 Å². The van der Waals surface area contributed by atoms with Gasteiger partial charge in [0, 0.05) is 5.69 Å². The molecule has 0 spiro atoms. The fourth-order valence-electron chi connectivity index (χ4n) is 1.59. The molecule has 0 saturated carbocycles. The monoisotopic (exact) mass is 266 g/mol. The maximum Gasteiger partial charge on any atom is 0.433 e. The fourth-order valence-corrected chi connectivity index (χ4v) is 1.59. The van der Waals surface area contributed by atoms with Gasteiger partial charge >= 0.3 is 6.18 Å². The highest BCUT2D eigenvalue weighted by Gasteiger charge is 2.33. The molecule has 0 atom stereocenters. The quantitative estimate of drug-likeness (QED) is 0.797. The number of aryl methyl sites for hydroxylation is 1. The summed E-state index contributed by atoms with van der Waals surface area (Å²) in [4.78, 5) is 7.53.